The van der Waals surface area contributed by atoms with Crippen LogP contribution in [0.25, 0.3) is 10.8 Å². The Morgan fingerprint density at radius 2 is 1.91 bits per heavy atom. The highest BCUT2D eigenvalue weighted by molar-refractivity contribution is 7.99. The first kappa shape index (κ1) is 23.9. The van der Waals surface area contributed by atoms with E-state index in [0.29, 0.717) is 34.0 Å². The van der Waals surface area contributed by atoms with Crippen molar-refractivity contribution < 1.29 is 14.3 Å². The number of methoxy groups -OCH3 is 1. The third-order valence-electron chi connectivity index (χ3n) is 5.38. The zero-order valence-electron chi connectivity index (χ0n) is 19.2. The van der Waals surface area contributed by atoms with Crippen molar-refractivity contribution in [2.45, 2.75) is 32.2 Å². The number of carbonyl (C=O) groups is 1. The lowest BCUT2D eigenvalue weighted by molar-refractivity contribution is -0.113. The fourth-order valence-corrected chi connectivity index (χ4v) is 4.64. The molecule has 4 rings (SSSR count). The van der Waals surface area contributed by atoms with E-state index >= 15 is 0 Å². The first-order valence-corrected chi connectivity index (χ1v) is 12.2. The summed E-state index contributed by atoms with van der Waals surface area (Å²) in [5.41, 5.74) is 1.61. The van der Waals surface area contributed by atoms with Gasteiger partial charge >= 0.3 is 0 Å². The molecule has 1 N–H and O–H groups in total. The second kappa shape index (κ2) is 10.8. The number of carbonyl (C=O) groups excluding carboxylic acids is 1. The van der Waals surface area contributed by atoms with E-state index in [-0.39, 0.29) is 18.3 Å². The standard InChI is InChI=1S/C25H25ClN4O3S/c1-4-30-23(14-33-21-11-9-17-7-5-6-8-19(17)16(21)2)28-29-25(30)34-15-24(31)27-20-13-18(26)10-12-22(20)32-3/h5-13H,4,14-15H2,1-3H3,(H,27,31). The van der Waals surface area contributed by atoms with Crippen LogP contribution in [0.5, 0.6) is 11.5 Å². The zero-order valence-corrected chi connectivity index (χ0v) is 20.7. The van der Waals surface area contributed by atoms with Crippen molar-refractivity contribution in [1.82, 2.24) is 14.8 Å². The van der Waals surface area contributed by atoms with Gasteiger partial charge in [-0.1, -0.05) is 53.7 Å². The number of amides is 1. The van der Waals surface area contributed by atoms with Gasteiger partial charge in [-0.3, -0.25) is 4.79 Å². The summed E-state index contributed by atoms with van der Waals surface area (Å²) in [6.45, 7) is 5.01. The Bertz CT molecular complexity index is 1330. The van der Waals surface area contributed by atoms with Crippen LogP contribution in [0.1, 0.15) is 18.3 Å². The molecule has 1 aromatic heterocycles. The summed E-state index contributed by atoms with van der Waals surface area (Å²) in [7, 11) is 1.54. The minimum absolute atomic E-state index is 0.165. The number of ether oxygens (including phenoxy) is 2. The summed E-state index contributed by atoms with van der Waals surface area (Å²) in [4.78, 5) is 12.5. The van der Waals surface area contributed by atoms with Crippen molar-refractivity contribution in [2.24, 2.45) is 0 Å². The number of halogens is 1. The number of hydrogen-bond donors (Lipinski definition) is 1. The number of nitrogens with zero attached hydrogens (tertiary/aromatic N) is 3. The second-order valence-electron chi connectivity index (χ2n) is 7.52. The summed E-state index contributed by atoms with van der Waals surface area (Å²) in [5, 5.41) is 14.9. The van der Waals surface area contributed by atoms with E-state index in [1.54, 1.807) is 25.3 Å². The van der Waals surface area contributed by atoms with Crippen molar-refractivity contribution >= 4 is 45.7 Å². The molecule has 0 radical (unpaired) electrons. The molecule has 0 atom stereocenters. The van der Waals surface area contributed by atoms with Gasteiger partial charge in [-0.25, -0.2) is 0 Å². The van der Waals surface area contributed by atoms with Crippen molar-refractivity contribution in [1.29, 1.82) is 0 Å². The third kappa shape index (κ3) is 5.29. The molecule has 0 spiro atoms. The normalized spacial score (nSPS) is 10.9. The number of rotatable bonds is 9. The molecule has 0 aliphatic heterocycles. The highest BCUT2D eigenvalue weighted by atomic mass is 35.5. The molecule has 1 heterocycles. The molecular weight excluding hydrogens is 472 g/mol. The maximum Gasteiger partial charge on any atom is 0.234 e. The molecule has 0 saturated heterocycles. The summed E-state index contributed by atoms with van der Waals surface area (Å²) in [6, 6.07) is 17.3. The Labute approximate surface area is 207 Å². The van der Waals surface area contributed by atoms with Crippen LogP contribution < -0.4 is 14.8 Å². The van der Waals surface area contributed by atoms with E-state index in [1.165, 1.54) is 17.1 Å². The summed E-state index contributed by atoms with van der Waals surface area (Å²) in [6.07, 6.45) is 0. The van der Waals surface area contributed by atoms with Gasteiger partial charge in [0.15, 0.2) is 11.0 Å². The Kier molecular flexibility index (Phi) is 7.59. The van der Waals surface area contributed by atoms with Crippen molar-refractivity contribution in [3.63, 3.8) is 0 Å². The maximum absolute atomic E-state index is 12.5. The van der Waals surface area contributed by atoms with Crippen LogP contribution in [0.4, 0.5) is 5.69 Å². The monoisotopic (exact) mass is 496 g/mol. The molecule has 1 amide bonds. The molecular formula is C25H25ClN4O3S. The number of anilines is 1. The number of nitrogens with one attached hydrogen (secondary N) is 1. The SMILES string of the molecule is CCn1c(COc2ccc3ccccc3c2C)nnc1SCC(=O)Nc1cc(Cl)ccc1OC. The van der Waals surface area contributed by atoms with Crippen molar-refractivity contribution in [3.05, 3.63) is 71.0 Å². The van der Waals surface area contributed by atoms with Gasteiger partial charge in [0.1, 0.15) is 18.1 Å². The van der Waals surface area contributed by atoms with Crippen LogP contribution in [-0.4, -0.2) is 33.5 Å². The molecule has 0 unspecified atom stereocenters. The van der Waals surface area contributed by atoms with Crippen molar-refractivity contribution in [2.75, 3.05) is 18.2 Å². The molecule has 0 bridgehead atoms. The van der Waals surface area contributed by atoms with E-state index in [9.17, 15) is 4.79 Å². The third-order valence-corrected chi connectivity index (χ3v) is 6.58. The number of aromatic nitrogens is 3. The summed E-state index contributed by atoms with van der Waals surface area (Å²) >= 11 is 7.35. The van der Waals surface area contributed by atoms with Crippen LogP contribution >= 0.6 is 23.4 Å². The lowest BCUT2D eigenvalue weighted by Gasteiger charge is -2.12. The quantitative estimate of drug-likeness (QED) is 0.298. The molecule has 4 aromatic rings. The molecule has 7 nitrogen and oxygen atoms in total. The highest BCUT2D eigenvalue weighted by Gasteiger charge is 2.15. The minimum atomic E-state index is -0.194. The Hall–Kier alpha value is -3.23. The highest BCUT2D eigenvalue weighted by Crippen LogP contribution is 2.29. The van der Waals surface area contributed by atoms with Gasteiger partial charge in [0, 0.05) is 11.6 Å². The van der Waals surface area contributed by atoms with Crippen LogP contribution in [0, 0.1) is 6.92 Å². The van der Waals surface area contributed by atoms with Crippen LogP contribution in [-0.2, 0) is 17.9 Å². The Morgan fingerprint density at radius 3 is 2.71 bits per heavy atom. The van der Waals surface area contributed by atoms with Gasteiger partial charge in [0.25, 0.3) is 0 Å². The fraction of sp³-hybridized carbons (Fsp3) is 0.240. The van der Waals surface area contributed by atoms with E-state index < -0.39 is 0 Å². The van der Waals surface area contributed by atoms with Crippen molar-refractivity contribution in [3.8, 4) is 11.5 Å². The van der Waals surface area contributed by atoms with E-state index in [2.05, 4.69) is 40.6 Å². The molecule has 0 saturated carbocycles. The number of fused-ring (bicyclic) bond motifs is 1. The fourth-order valence-electron chi connectivity index (χ4n) is 3.65. The van der Waals surface area contributed by atoms with Gasteiger partial charge in [-0.2, -0.15) is 0 Å². The average Bonchev–Trinajstić information content (AvgIpc) is 3.24. The van der Waals surface area contributed by atoms with Gasteiger partial charge in [0.2, 0.25) is 5.91 Å². The molecule has 176 valence electrons. The minimum Gasteiger partial charge on any atom is -0.495 e. The summed E-state index contributed by atoms with van der Waals surface area (Å²) < 4.78 is 13.3. The molecule has 3 aromatic carbocycles. The number of thioether (sulfide) groups is 1. The predicted molar refractivity (Wildman–Crippen MR) is 136 cm³/mol. The largest absolute Gasteiger partial charge is 0.495 e. The molecule has 0 aliphatic carbocycles. The Morgan fingerprint density at radius 1 is 1.12 bits per heavy atom. The Balaban J connectivity index is 1.40. The number of benzene rings is 3. The number of hydrogen-bond acceptors (Lipinski definition) is 6. The smallest absolute Gasteiger partial charge is 0.234 e. The predicted octanol–water partition coefficient (Wildman–Crippen LogP) is 5.73. The van der Waals surface area contributed by atoms with Crippen LogP contribution in [0.15, 0.2) is 59.8 Å². The molecule has 34 heavy (non-hydrogen) atoms. The number of aryl methyl sites for hydroxylation is 1. The van der Waals surface area contributed by atoms with Crippen LogP contribution in [0.2, 0.25) is 5.02 Å². The van der Waals surface area contributed by atoms with E-state index in [0.717, 1.165) is 16.7 Å². The van der Waals surface area contributed by atoms with Crippen LogP contribution in [0.3, 0.4) is 0 Å². The average molecular weight is 497 g/mol. The topological polar surface area (TPSA) is 78.3 Å². The van der Waals surface area contributed by atoms with Gasteiger partial charge in [-0.05, 0) is 54.4 Å². The second-order valence-corrected chi connectivity index (χ2v) is 8.90. The first-order valence-electron chi connectivity index (χ1n) is 10.8. The van der Waals surface area contributed by atoms with Gasteiger partial charge in [0.05, 0.1) is 18.6 Å². The van der Waals surface area contributed by atoms with E-state index in [4.69, 9.17) is 21.1 Å². The molecule has 0 fully saturated rings. The van der Waals surface area contributed by atoms with Gasteiger partial charge < -0.3 is 19.4 Å². The lowest BCUT2D eigenvalue weighted by atomic mass is 10.0. The maximum atomic E-state index is 12.5. The van der Waals surface area contributed by atoms with Gasteiger partial charge in [-0.15, -0.1) is 10.2 Å². The van der Waals surface area contributed by atoms with E-state index in [1.807, 2.05) is 29.7 Å². The first-order chi connectivity index (χ1) is 16.5. The molecule has 0 aliphatic rings. The molecule has 9 heteroatoms. The lowest BCUT2D eigenvalue weighted by Crippen LogP contribution is -2.15. The zero-order chi connectivity index (χ0) is 24.1. The summed E-state index contributed by atoms with van der Waals surface area (Å²) in [5.74, 6) is 2.03.